The van der Waals surface area contributed by atoms with E-state index in [1.54, 1.807) is 6.20 Å². The van der Waals surface area contributed by atoms with Gasteiger partial charge in [0.05, 0.1) is 5.69 Å². The van der Waals surface area contributed by atoms with E-state index >= 15 is 0 Å². The molecule has 1 N–H and O–H groups in total. The number of piperazine rings is 1. The summed E-state index contributed by atoms with van der Waals surface area (Å²) in [4.78, 5) is 9.00. The first-order valence-corrected chi connectivity index (χ1v) is 9.85. The van der Waals surface area contributed by atoms with Crippen LogP contribution in [-0.2, 0) is 6.42 Å². The van der Waals surface area contributed by atoms with Crippen LogP contribution in [0.1, 0.15) is 11.3 Å². The number of hydrogen-bond acceptors (Lipinski definition) is 4. The predicted octanol–water partition coefficient (Wildman–Crippen LogP) is 4.15. The molecule has 1 fully saturated rings. The van der Waals surface area contributed by atoms with Crippen LogP contribution in [0.5, 0.6) is 0 Å². The molecule has 4 rings (SSSR count). The molecule has 1 saturated heterocycles. The molecule has 0 atom stereocenters. The summed E-state index contributed by atoms with van der Waals surface area (Å²) in [6.45, 7) is 4.25. The van der Waals surface area contributed by atoms with Crippen LogP contribution in [-0.4, -0.2) is 47.7 Å². The number of aromatic nitrogens is 1. The first-order valence-electron chi connectivity index (χ1n) is 9.05. The molecule has 0 spiro atoms. The van der Waals surface area contributed by atoms with Gasteiger partial charge in [0, 0.05) is 66.6 Å². The second-order valence-corrected chi connectivity index (χ2v) is 7.73. The molecular weight excluding hydrogens is 409 g/mol. The van der Waals surface area contributed by atoms with E-state index in [-0.39, 0.29) is 5.82 Å². The van der Waals surface area contributed by atoms with Gasteiger partial charge in [0.1, 0.15) is 11.6 Å². The molecule has 2 aliphatic rings. The minimum atomic E-state index is -0.207. The van der Waals surface area contributed by atoms with Crippen molar-refractivity contribution < 1.29 is 9.50 Å². The maximum atomic E-state index is 13.1. The fraction of sp³-hybridized carbons (Fsp3) is 0.286. The van der Waals surface area contributed by atoms with Gasteiger partial charge in [-0.3, -0.25) is 9.88 Å². The third kappa shape index (κ3) is 4.06. The molecule has 1 aromatic heterocycles. The summed E-state index contributed by atoms with van der Waals surface area (Å²) < 4.78 is 14.1. The van der Waals surface area contributed by atoms with Crippen LogP contribution in [0, 0.1) is 5.82 Å². The molecule has 0 unspecified atom stereocenters. The second kappa shape index (κ2) is 7.82. The first kappa shape index (κ1) is 18.2. The Bertz CT molecular complexity index is 887. The first-order chi connectivity index (χ1) is 13.1. The summed E-state index contributed by atoms with van der Waals surface area (Å²) in [5.41, 5.74) is 3.89. The zero-order valence-corrected chi connectivity index (χ0v) is 16.5. The number of aliphatic hydroxyl groups excluding tert-OH is 1. The van der Waals surface area contributed by atoms with Crippen LogP contribution >= 0.6 is 15.9 Å². The molecule has 0 amide bonds. The quantitative estimate of drug-likeness (QED) is 0.795. The summed E-state index contributed by atoms with van der Waals surface area (Å²) in [5.74, 6) is 0.173. The van der Waals surface area contributed by atoms with E-state index in [1.807, 2.05) is 30.3 Å². The zero-order chi connectivity index (χ0) is 18.8. The van der Waals surface area contributed by atoms with Crippen molar-refractivity contribution in [3.8, 4) is 0 Å². The predicted molar refractivity (Wildman–Crippen MR) is 110 cm³/mol. The molecule has 2 heterocycles. The Balaban J connectivity index is 1.43. The molecule has 1 aromatic carbocycles. The van der Waals surface area contributed by atoms with Gasteiger partial charge in [-0.25, -0.2) is 4.39 Å². The van der Waals surface area contributed by atoms with Crippen molar-refractivity contribution in [3.05, 3.63) is 77.1 Å². The van der Waals surface area contributed by atoms with Gasteiger partial charge in [0.15, 0.2) is 0 Å². The van der Waals surface area contributed by atoms with Crippen molar-refractivity contribution in [2.24, 2.45) is 0 Å². The normalized spacial score (nSPS) is 18.1. The Hall–Kier alpha value is -2.18. The lowest BCUT2D eigenvalue weighted by Gasteiger charge is -2.36. The second-order valence-electron chi connectivity index (χ2n) is 6.88. The van der Waals surface area contributed by atoms with E-state index in [0.717, 1.165) is 53.2 Å². The van der Waals surface area contributed by atoms with E-state index in [9.17, 15) is 9.50 Å². The van der Waals surface area contributed by atoms with Gasteiger partial charge in [0.25, 0.3) is 0 Å². The number of allylic oxidation sites excluding steroid dienone is 1. The lowest BCUT2D eigenvalue weighted by atomic mass is 10.1. The zero-order valence-electron chi connectivity index (χ0n) is 14.9. The highest BCUT2D eigenvalue weighted by Gasteiger charge is 2.21. The monoisotopic (exact) mass is 429 g/mol. The highest BCUT2D eigenvalue weighted by molar-refractivity contribution is 9.15. The number of nitrogens with zero attached hydrogens (tertiary/aromatic N) is 3. The van der Waals surface area contributed by atoms with Gasteiger partial charge >= 0.3 is 0 Å². The average molecular weight is 430 g/mol. The summed E-state index contributed by atoms with van der Waals surface area (Å²) in [5, 5.41) is 10.6. The maximum absolute atomic E-state index is 13.1. The summed E-state index contributed by atoms with van der Waals surface area (Å²) >= 11 is 3.63. The number of anilines is 1. The van der Waals surface area contributed by atoms with Crippen molar-refractivity contribution >= 4 is 26.1 Å². The van der Waals surface area contributed by atoms with Gasteiger partial charge in [-0.1, -0.05) is 22.0 Å². The van der Waals surface area contributed by atoms with E-state index in [4.69, 9.17) is 0 Å². The van der Waals surface area contributed by atoms with Crippen molar-refractivity contribution in [1.29, 1.82) is 0 Å². The Kier molecular flexibility index (Phi) is 5.27. The Morgan fingerprint density at radius 2 is 1.81 bits per heavy atom. The van der Waals surface area contributed by atoms with E-state index in [2.05, 4.69) is 30.7 Å². The highest BCUT2D eigenvalue weighted by atomic mass is 79.9. The number of benzene rings is 1. The molecule has 27 heavy (non-hydrogen) atoms. The molecule has 1 aliphatic heterocycles. The number of fused-ring (bicyclic) bond motifs is 1. The fourth-order valence-corrected chi connectivity index (χ4v) is 4.21. The number of aliphatic hydroxyl groups is 1. The molecule has 6 heteroatoms. The molecular formula is C21H21BrFN3O. The Labute approximate surface area is 166 Å². The highest BCUT2D eigenvalue weighted by Crippen LogP contribution is 2.31. The topological polar surface area (TPSA) is 39.6 Å². The van der Waals surface area contributed by atoms with Crippen LogP contribution in [0.25, 0.3) is 4.48 Å². The molecule has 0 bridgehead atoms. The van der Waals surface area contributed by atoms with Crippen LogP contribution in [0.4, 0.5) is 10.1 Å². The van der Waals surface area contributed by atoms with Gasteiger partial charge in [0.2, 0.25) is 0 Å². The van der Waals surface area contributed by atoms with Gasteiger partial charge in [-0.15, -0.1) is 0 Å². The van der Waals surface area contributed by atoms with Crippen LogP contribution < -0.4 is 4.90 Å². The van der Waals surface area contributed by atoms with Crippen LogP contribution in [0.3, 0.4) is 0 Å². The molecule has 2 aromatic rings. The van der Waals surface area contributed by atoms with Crippen LogP contribution in [0.15, 0.2) is 60.0 Å². The largest absolute Gasteiger partial charge is 0.512 e. The lowest BCUT2D eigenvalue weighted by molar-refractivity contribution is 0.274. The van der Waals surface area contributed by atoms with E-state index in [1.165, 1.54) is 12.1 Å². The number of halogens is 2. The lowest BCUT2D eigenvalue weighted by Crippen LogP contribution is -2.47. The minimum Gasteiger partial charge on any atom is -0.512 e. The summed E-state index contributed by atoms with van der Waals surface area (Å²) in [6, 6.07) is 10.6. The fourth-order valence-electron chi connectivity index (χ4n) is 3.58. The third-order valence-electron chi connectivity index (χ3n) is 5.11. The smallest absolute Gasteiger partial charge is 0.123 e. The van der Waals surface area contributed by atoms with Crippen LogP contribution in [0.2, 0.25) is 0 Å². The third-order valence-corrected chi connectivity index (χ3v) is 5.77. The van der Waals surface area contributed by atoms with Gasteiger partial charge in [-0.2, -0.15) is 0 Å². The maximum Gasteiger partial charge on any atom is 0.123 e. The van der Waals surface area contributed by atoms with Crippen molar-refractivity contribution in [2.45, 2.75) is 6.42 Å². The van der Waals surface area contributed by atoms with Crippen molar-refractivity contribution in [2.75, 3.05) is 37.6 Å². The summed E-state index contributed by atoms with van der Waals surface area (Å²) in [7, 11) is 0. The minimum absolute atomic E-state index is 0.207. The number of rotatable bonds is 3. The van der Waals surface area contributed by atoms with E-state index in [0.29, 0.717) is 18.7 Å². The van der Waals surface area contributed by atoms with Gasteiger partial charge < -0.3 is 10.0 Å². The van der Waals surface area contributed by atoms with Gasteiger partial charge in [-0.05, 0) is 36.4 Å². The number of hydrogen-bond donors (Lipinski definition) is 1. The molecule has 0 radical (unpaired) electrons. The average Bonchev–Trinajstić information content (AvgIpc) is 2.80. The SMILES string of the molecule is OC1=C(CN2CCN(c3ccc(F)cc3)CC2)C=C(Br)c2cccnc2C1. The molecule has 4 nitrogen and oxygen atoms in total. The van der Waals surface area contributed by atoms with Crippen molar-refractivity contribution in [3.63, 3.8) is 0 Å². The summed E-state index contributed by atoms with van der Waals surface area (Å²) in [6.07, 6.45) is 4.22. The molecule has 0 saturated carbocycles. The number of pyridine rings is 1. The molecule has 1 aliphatic carbocycles. The van der Waals surface area contributed by atoms with Crippen molar-refractivity contribution in [1.82, 2.24) is 9.88 Å². The molecule has 140 valence electrons. The van der Waals surface area contributed by atoms with E-state index < -0.39 is 0 Å². The standard InChI is InChI=1S/C21H21BrFN3O/c22-19-12-15(21(27)13-20-18(19)2-1-7-24-20)14-25-8-10-26(11-9-25)17-5-3-16(23)4-6-17/h1-7,12,27H,8-11,13-14H2. The Morgan fingerprint density at radius 1 is 1.07 bits per heavy atom. The Morgan fingerprint density at radius 3 is 2.56 bits per heavy atom.